The normalized spacial score (nSPS) is 15.9. The number of aromatic nitrogens is 2. The van der Waals surface area contributed by atoms with E-state index in [1.54, 1.807) is 16.4 Å². The first-order valence-corrected chi connectivity index (χ1v) is 10.3. The summed E-state index contributed by atoms with van der Waals surface area (Å²) in [6, 6.07) is 8.92. The van der Waals surface area contributed by atoms with Crippen molar-refractivity contribution in [2.75, 3.05) is 42.9 Å². The van der Waals surface area contributed by atoms with Crippen molar-refractivity contribution in [3.63, 3.8) is 0 Å². The van der Waals surface area contributed by atoms with Crippen LogP contribution in [0, 0.1) is 13.8 Å². The molecule has 1 N–H and O–H groups in total. The van der Waals surface area contributed by atoms with Crippen LogP contribution in [0.2, 0.25) is 0 Å². The highest BCUT2D eigenvalue weighted by atomic mass is 32.2. The molecule has 2 aromatic rings. The van der Waals surface area contributed by atoms with E-state index >= 15 is 0 Å². The molecule has 3 rings (SSSR count). The van der Waals surface area contributed by atoms with Crippen LogP contribution in [0.1, 0.15) is 18.3 Å². The molecular formula is C18H25N5O2S. The van der Waals surface area contributed by atoms with Crippen molar-refractivity contribution in [2.45, 2.75) is 25.7 Å². The highest BCUT2D eigenvalue weighted by Crippen LogP contribution is 2.22. The summed E-state index contributed by atoms with van der Waals surface area (Å²) in [5.74, 6) is 2.33. The Balaban J connectivity index is 1.72. The molecule has 1 aliphatic rings. The van der Waals surface area contributed by atoms with Gasteiger partial charge in [0.2, 0.25) is 10.0 Å². The van der Waals surface area contributed by atoms with Crippen molar-refractivity contribution in [1.29, 1.82) is 0 Å². The van der Waals surface area contributed by atoms with Gasteiger partial charge in [0.05, 0.1) is 4.90 Å². The van der Waals surface area contributed by atoms with Crippen LogP contribution in [0.5, 0.6) is 0 Å². The van der Waals surface area contributed by atoms with Crippen LogP contribution in [-0.2, 0) is 10.0 Å². The molecule has 0 bridgehead atoms. The van der Waals surface area contributed by atoms with Crippen LogP contribution >= 0.6 is 0 Å². The molecule has 1 aromatic carbocycles. The average Bonchev–Trinajstić information content (AvgIpc) is 2.62. The van der Waals surface area contributed by atoms with Gasteiger partial charge in [0.1, 0.15) is 17.5 Å². The molecule has 0 atom stereocenters. The monoisotopic (exact) mass is 375 g/mol. The summed E-state index contributed by atoms with van der Waals surface area (Å²) < 4.78 is 27.2. The number of sulfonamides is 1. The predicted octanol–water partition coefficient (Wildman–Crippen LogP) is 2.04. The second kappa shape index (κ2) is 7.59. The maximum atomic E-state index is 12.8. The van der Waals surface area contributed by atoms with E-state index in [1.165, 1.54) is 0 Å². The third-order valence-electron chi connectivity index (χ3n) is 4.40. The number of benzene rings is 1. The van der Waals surface area contributed by atoms with E-state index in [4.69, 9.17) is 0 Å². The third kappa shape index (κ3) is 3.96. The zero-order valence-electron chi connectivity index (χ0n) is 15.4. The Morgan fingerprint density at radius 1 is 1.04 bits per heavy atom. The van der Waals surface area contributed by atoms with Crippen molar-refractivity contribution in [2.24, 2.45) is 0 Å². The molecule has 1 aliphatic heterocycles. The smallest absolute Gasteiger partial charge is 0.243 e. The summed E-state index contributed by atoms with van der Waals surface area (Å²) in [7, 11) is -3.45. The van der Waals surface area contributed by atoms with Gasteiger partial charge in [0, 0.05) is 38.8 Å². The topological polar surface area (TPSA) is 78.4 Å². The van der Waals surface area contributed by atoms with Gasteiger partial charge in [-0.05, 0) is 32.9 Å². The van der Waals surface area contributed by atoms with Crippen LogP contribution in [-0.4, -0.2) is 55.4 Å². The molecule has 8 heteroatoms. The summed E-state index contributed by atoms with van der Waals surface area (Å²) >= 11 is 0. The van der Waals surface area contributed by atoms with Gasteiger partial charge >= 0.3 is 0 Å². The summed E-state index contributed by atoms with van der Waals surface area (Å²) in [4.78, 5) is 11.3. The second-order valence-corrected chi connectivity index (χ2v) is 8.33. The number of hydrogen-bond acceptors (Lipinski definition) is 6. The number of nitrogens with one attached hydrogen (secondary N) is 1. The first-order chi connectivity index (χ1) is 12.4. The van der Waals surface area contributed by atoms with Crippen molar-refractivity contribution in [3.8, 4) is 0 Å². The Morgan fingerprint density at radius 2 is 1.69 bits per heavy atom. The van der Waals surface area contributed by atoms with E-state index in [1.807, 2.05) is 39.0 Å². The van der Waals surface area contributed by atoms with Gasteiger partial charge in [-0.2, -0.15) is 4.31 Å². The van der Waals surface area contributed by atoms with E-state index in [0.717, 1.165) is 23.7 Å². The molecule has 0 radical (unpaired) electrons. The summed E-state index contributed by atoms with van der Waals surface area (Å²) in [6.45, 7) is 8.71. The van der Waals surface area contributed by atoms with Gasteiger partial charge in [-0.15, -0.1) is 0 Å². The van der Waals surface area contributed by atoms with Gasteiger partial charge in [0.25, 0.3) is 0 Å². The fourth-order valence-corrected chi connectivity index (χ4v) is 4.42. The van der Waals surface area contributed by atoms with E-state index < -0.39 is 10.0 Å². The van der Waals surface area contributed by atoms with Crippen molar-refractivity contribution in [3.05, 3.63) is 41.7 Å². The Hall–Kier alpha value is -2.19. The lowest BCUT2D eigenvalue weighted by Crippen LogP contribution is -2.49. The number of aryl methyl sites for hydroxylation is 2. The summed E-state index contributed by atoms with van der Waals surface area (Å²) in [5, 5.41) is 3.20. The molecule has 26 heavy (non-hydrogen) atoms. The van der Waals surface area contributed by atoms with Crippen LogP contribution in [0.25, 0.3) is 0 Å². The molecule has 0 unspecified atom stereocenters. The van der Waals surface area contributed by atoms with Crippen molar-refractivity contribution in [1.82, 2.24) is 14.3 Å². The Labute approximate surface area is 155 Å². The van der Waals surface area contributed by atoms with Crippen molar-refractivity contribution >= 4 is 21.7 Å². The van der Waals surface area contributed by atoms with Crippen LogP contribution in [0.15, 0.2) is 35.2 Å². The van der Waals surface area contributed by atoms with Crippen LogP contribution in [0.3, 0.4) is 0 Å². The second-order valence-electron chi connectivity index (χ2n) is 6.39. The lowest BCUT2D eigenvalue weighted by Gasteiger charge is -2.34. The number of anilines is 2. The largest absolute Gasteiger partial charge is 0.370 e. The molecule has 0 aliphatic carbocycles. The maximum absolute atomic E-state index is 12.8. The fourth-order valence-electron chi connectivity index (χ4n) is 3.00. The molecule has 1 saturated heterocycles. The number of hydrogen-bond donors (Lipinski definition) is 1. The van der Waals surface area contributed by atoms with E-state index in [9.17, 15) is 8.42 Å². The van der Waals surface area contributed by atoms with E-state index in [-0.39, 0.29) is 0 Å². The summed E-state index contributed by atoms with van der Waals surface area (Å²) in [5.41, 5.74) is 1.05. The molecule has 0 saturated carbocycles. The van der Waals surface area contributed by atoms with Crippen LogP contribution < -0.4 is 10.2 Å². The molecule has 0 amide bonds. The molecule has 1 aromatic heterocycles. The lowest BCUT2D eigenvalue weighted by atomic mass is 10.2. The molecule has 140 valence electrons. The quantitative estimate of drug-likeness (QED) is 0.862. The Bertz CT molecular complexity index is 860. The lowest BCUT2D eigenvalue weighted by molar-refractivity contribution is 0.383. The molecule has 7 nitrogen and oxygen atoms in total. The van der Waals surface area contributed by atoms with Gasteiger partial charge < -0.3 is 10.2 Å². The number of rotatable bonds is 5. The molecule has 0 spiro atoms. The third-order valence-corrected chi connectivity index (χ3v) is 6.32. The predicted molar refractivity (Wildman–Crippen MR) is 103 cm³/mol. The van der Waals surface area contributed by atoms with Gasteiger partial charge in [-0.3, -0.25) is 0 Å². The fraction of sp³-hybridized carbons (Fsp3) is 0.444. The Kier molecular flexibility index (Phi) is 5.43. The van der Waals surface area contributed by atoms with Gasteiger partial charge in [0.15, 0.2) is 0 Å². The minimum atomic E-state index is -3.45. The standard InChI is InChI=1S/C18H25N5O2S/c1-4-19-17-13-18(21-15(3)20-17)22-9-11-23(12-10-22)26(24,25)16-7-5-14(2)6-8-16/h5-8,13H,4,9-12H2,1-3H3,(H,19,20,21). The molecule has 2 heterocycles. The van der Waals surface area contributed by atoms with Gasteiger partial charge in [-0.1, -0.05) is 17.7 Å². The summed E-state index contributed by atoms with van der Waals surface area (Å²) in [6.07, 6.45) is 0. The number of nitrogens with zero attached hydrogens (tertiary/aromatic N) is 4. The SMILES string of the molecule is CCNc1cc(N2CCN(S(=O)(=O)c3ccc(C)cc3)CC2)nc(C)n1. The highest BCUT2D eigenvalue weighted by Gasteiger charge is 2.29. The number of piperazine rings is 1. The van der Waals surface area contributed by atoms with Gasteiger partial charge in [-0.25, -0.2) is 18.4 Å². The van der Waals surface area contributed by atoms with E-state index in [2.05, 4.69) is 20.2 Å². The zero-order valence-corrected chi connectivity index (χ0v) is 16.3. The van der Waals surface area contributed by atoms with Crippen molar-refractivity contribution < 1.29 is 8.42 Å². The minimum Gasteiger partial charge on any atom is -0.370 e. The Morgan fingerprint density at radius 3 is 2.31 bits per heavy atom. The van der Waals surface area contributed by atoms with E-state index in [0.29, 0.717) is 36.9 Å². The highest BCUT2D eigenvalue weighted by molar-refractivity contribution is 7.89. The average molecular weight is 375 g/mol. The minimum absolute atomic E-state index is 0.351. The molecule has 1 fully saturated rings. The molecular weight excluding hydrogens is 350 g/mol. The van der Waals surface area contributed by atoms with Crippen LogP contribution in [0.4, 0.5) is 11.6 Å². The maximum Gasteiger partial charge on any atom is 0.243 e. The first kappa shape index (κ1) is 18.6. The zero-order chi connectivity index (χ0) is 18.7. The first-order valence-electron chi connectivity index (χ1n) is 8.81.